The van der Waals surface area contributed by atoms with Crippen LogP contribution in [0, 0.1) is 0 Å². The molecular weight excluding hydrogens is 274 g/mol. The highest BCUT2D eigenvalue weighted by atomic mass is 32.1. The number of thiazole rings is 1. The van der Waals surface area contributed by atoms with Crippen LogP contribution in [0.25, 0.3) is 0 Å². The van der Waals surface area contributed by atoms with E-state index >= 15 is 0 Å². The quantitative estimate of drug-likeness (QED) is 0.793. The molecule has 5 nitrogen and oxygen atoms in total. The van der Waals surface area contributed by atoms with Crippen LogP contribution in [0.4, 0.5) is 5.13 Å². The number of ether oxygens (including phenoxy) is 1. The normalized spacial score (nSPS) is 10.2. The van der Waals surface area contributed by atoms with Gasteiger partial charge in [0.05, 0.1) is 18.7 Å². The molecule has 2 heterocycles. The van der Waals surface area contributed by atoms with Gasteiger partial charge in [-0.1, -0.05) is 6.07 Å². The maximum atomic E-state index is 11.3. The number of esters is 1. The summed E-state index contributed by atoms with van der Waals surface area (Å²) in [6.45, 7) is 2.99. The summed E-state index contributed by atoms with van der Waals surface area (Å²) in [4.78, 5) is 19.8. The predicted octanol–water partition coefficient (Wildman–Crippen LogP) is 2.30. The lowest BCUT2D eigenvalue weighted by atomic mass is 10.2. The van der Waals surface area contributed by atoms with Crippen molar-refractivity contribution in [3.05, 3.63) is 41.2 Å². The molecule has 20 heavy (non-hydrogen) atoms. The summed E-state index contributed by atoms with van der Waals surface area (Å²) in [5, 5.41) is 5.95. The van der Waals surface area contributed by atoms with Gasteiger partial charge in [0.25, 0.3) is 0 Å². The second kappa shape index (κ2) is 7.59. The summed E-state index contributed by atoms with van der Waals surface area (Å²) in [5.41, 5.74) is 1.93. The van der Waals surface area contributed by atoms with Gasteiger partial charge in [-0.2, -0.15) is 0 Å². The van der Waals surface area contributed by atoms with Gasteiger partial charge in [0.2, 0.25) is 0 Å². The fourth-order valence-electron chi connectivity index (χ4n) is 1.69. The zero-order valence-electron chi connectivity index (χ0n) is 11.3. The molecule has 0 aliphatic rings. The Morgan fingerprint density at radius 2 is 2.40 bits per heavy atom. The Labute approximate surface area is 122 Å². The van der Waals surface area contributed by atoms with Crippen molar-refractivity contribution in [2.75, 3.05) is 18.5 Å². The van der Waals surface area contributed by atoms with E-state index in [-0.39, 0.29) is 12.4 Å². The molecule has 2 rings (SSSR count). The summed E-state index contributed by atoms with van der Waals surface area (Å²) >= 11 is 1.50. The number of hydrogen-bond acceptors (Lipinski definition) is 6. The molecule has 0 bridgehead atoms. The van der Waals surface area contributed by atoms with E-state index in [0.717, 1.165) is 23.8 Å². The van der Waals surface area contributed by atoms with Crippen LogP contribution in [0.1, 0.15) is 18.2 Å². The van der Waals surface area contributed by atoms with Crippen LogP contribution in [0.15, 0.2) is 29.9 Å². The Hall–Kier alpha value is -1.95. The minimum Gasteiger partial charge on any atom is -0.466 e. The van der Waals surface area contributed by atoms with Crippen molar-refractivity contribution in [1.29, 1.82) is 0 Å². The van der Waals surface area contributed by atoms with Gasteiger partial charge in [0.1, 0.15) is 0 Å². The zero-order valence-corrected chi connectivity index (χ0v) is 12.2. The Bertz CT molecular complexity index is 542. The van der Waals surface area contributed by atoms with Gasteiger partial charge in [0.15, 0.2) is 5.13 Å². The molecule has 0 radical (unpaired) electrons. The highest BCUT2D eigenvalue weighted by Gasteiger charge is 2.08. The van der Waals surface area contributed by atoms with Gasteiger partial charge in [-0.3, -0.25) is 9.78 Å². The zero-order chi connectivity index (χ0) is 14.2. The molecule has 0 aliphatic carbocycles. The second-order valence-electron chi connectivity index (χ2n) is 4.16. The first-order valence-corrected chi connectivity index (χ1v) is 7.38. The Morgan fingerprint density at radius 1 is 1.50 bits per heavy atom. The number of anilines is 1. The Kier molecular flexibility index (Phi) is 5.49. The minimum atomic E-state index is -0.236. The number of hydrogen-bond donors (Lipinski definition) is 1. The molecule has 0 unspecified atom stereocenters. The van der Waals surface area contributed by atoms with Crippen molar-refractivity contribution < 1.29 is 9.53 Å². The summed E-state index contributed by atoms with van der Waals surface area (Å²) in [7, 11) is 0. The van der Waals surface area contributed by atoms with Gasteiger partial charge < -0.3 is 10.1 Å². The van der Waals surface area contributed by atoms with Crippen LogP contribution in [0.3, 0.4) is 0 Å². The second-order valence-corrected chi connectivity index (χ2v) is 5.02. The Balaban J connectivity index is 1.77. The van der Waals surface area contributed by atoms with Crippen LogP contribution in [0.2, 0.25) is 0 Å². The van der Waals surface area contributed by atoms with Crippen LogP contribution >= 0.6 is 11.3 Å². The molecule has 106 valence electrons. The van der Waals surface area contributed by atoms with Gasteiger partial charge in [-0.25, -0.2) is 4.98 Å². The number of nitrogens with one attached hydrogen (secondary N) is 1. The van der Waals surface area contributed by atoms with Crippen LogP contribution < -0.4 is 5.32 Å². The third-order valence-corrected chi connectivity index (χ3v) is 3.44. The van der Waals surface area contributed by atoms with Crippen LogP contribution in [-0.4, -0.2) is 29.1 Å². The molecule has 0 aliphatic heterocycles. The van der Waals surface area contributed by atoms with Crippen molar-refractivity contribution in [3.63, 3.8) is 0 Å². The maximum Gasteiger partial charge on any atom is 0.311 e. The van der Waals surface area contributed by atoms with Crippen molar-refractivity contribution in [3.8, 4) is 0 Å². The highest BCUT2D eigenvalue weighted by molar-refractivity contribution is 7.13. The summed E-state index contributed by atoms with van der Waals surface area (Å²) in [6.07, 6.45) is 4.74. The largest absolute Gasteiger partial charge is 0.466 e. The van der Waals surface area contributed by atoms with Crippen molar-refractivity contribution >= 4 is 22.4 Å². The van der Waals surface area contributed by atoms with Crippen LogP contribution in [-0.2, 0) is 22.4 Å². The number of pyridine rings is 1. The van der Waals surface area contributed by atoms with E-state index in [1.807, 2.05) is 23.7 Å². The monoisotopic (exact) mass is 291 g/mol. The average Bonchev–Trinajstić information content (AvgIpc) is 2.88. The minimum absolute atomic E-state index is 0.231. The van der Waals surface area contributed by atoms with E-state index in [2.05, 4.69) is 15.3 Å². The average molecular weight is 291 g/mol. The van der Waals surface area contributed by atoms with Crippen molar-refractivity contribution in [1.82, 2.24) is 9.97 Å². The van der Waals surface area contributed by atoms with Gasteiger partial charge in [0, 0.05) is 24.3 Å². The molecule has 0 amide bonds. The van der Waals surface area contributed by atoms with E-state index < -0.39 is 0 Å². The van der Waals surface area contributed by atoms with E-state index in [1.165, 1.54) is 16.9 Å². The van der Waals surface area contributed by atoms with Gasteiger partial charge >= 0.3 is 5.97 Å². The molecule has 0 fully saturated rings. The first kappa shape index (κ1) is 14.5. The Morgan fingerprint density at radius 3 is 3.15 bits per heavy atom. The molecule has 2 aromatic rings. The number of carbonyl (C=O) groups is 1. The lowest BCUT2D eigenvalue weighted by molar-refractivity contribution is -0.142. The lowest BCUT2D eigenvalue weighted by Gasteiger charge is -2.02. The number of rotatable bonds is 7. The van der Waals surface area contributed by atoms with Crippen LogP contribution in [0.5, 0.6) is 0 Å². The molecule has 6 heteroatoms. The van der Waals surface area contributed by atoms with E-state index in [0.29, 0.717) is 6.61 Å². The van der Waals surface area contributed by atoms with Gasteiger partial charge in [-0.15, -0.1) is 11.3 Å². The maximum absolute atomic E-state index is 11.3. The molecule has 0 aromatic carbocycles. The first-order chi connectivity index (χ1) is 9.78. The van der Waals surface area contributed by atoms with E-state index in [4.69, 9.17) is 4.74 Å². The first-order valence-electron chi connectivity index (χ1n) is 6.50. The van der Waals surface area contributed by atoms with Crippen molar-refractivity contribution in [2.45, 2.75) is 19.8 Å². The fourth-order valence-corrected chi connectivity index (χ4v) is 2.43. The molecule has 2 aromatic heterocycles. The molecule has 0 atom stereocenters. The number of aromatic nitrogens is 2. The number of carbonyl (C=O) groups excluding carboxylic acids is 1. The molecule has 1 N–H and O–H groups in total. The van der Waals surface area contributed by atoms with E-state index in [1.54, 1.807) is 13.1 Å². The fraction of sp³-hybridized carbons (Fsp3) is 0.357. The smallest absolute Gasteiger partial charge is 0.311 e. The third kappa shape index (κ3) is 4.62. The summed E-state index contributed by atoms with van der Waals surface area (Å²) < 4.78 is 4.89. The topological polar surface area (TPSA) is 64.1 Å². The van der Waals surface area contributed by atoms with E-state index in [9.17, 15) is 4.79 Å². The molecule has 0 saturated heterocycles. The highest BCUT2D eigenvalue weighted by Crippen LogP contribution is 2.16. The molecule has 0 saturated carbocycles. The van der Waals surface area contributed by atoms with Crippen molar-refractivity contribution in [2.24, 2.45) is 0 Å². The summed E-state index contributed by atoms with van der Waals surface area (Å²) in [6, 6.07) is 3.97. The molecule has 0 spiro atoms. The lowest BCUT2D eigenvalue weighted by Crippen LogP contribution is -2.08. The number of nitrogens with zero attached hydrogens (tertiary/aromatic N) is 2. The SMILES string of the molecule is CCOC(=O)Cc1csc(NCCc2cccnc2)n1. The van der Waals surface area contributed by atoms with Gasteiger partial charge in [-0.05, 0) is 25.0 Å². The summed E-state index contributed by atoms with van der Waals surface area (Å²) in [5.74, 6) is -0.236. The molecular formula is C14H17N3O2S. The third-order valence-electron chi connectivity index (χ3n) is 2.60. The standard InChI is InChI=1S/C14H17N3O2S/c1-2-19-13(18)8-12-10-20-14(17-12)16-7-5-11-4-3-6-15-9-11/h3-4,6,9-10H,2,5,7-8H2,1H3,(H,16,17). The predicted molar refractivity (Wildman–Crippen MR) is 78.9 cm³/mol.